The third-order valence-electron chi connectivity index (χ3n) is 11.2. The van der Waals surface area contributed by atoms with Gasteiger partial charge >= 0.3 is 12.1 Å². The lowest BCUT2D eigenvalue weighted by Crippen LogP contribution is -2.53. The Kier molecular flexibility index (Phi) is 9.95. The zero-order valence-electron chi connectivity index (χ0n) is 27.6. The van der Waals surface area contributed by atoms with Crippen LogP contribution in [0.5, 0.6) is 5.75 Å². The van der Waals surface area contributed by atoms with E-state index in [4.69, 9.17) is 9.47 Å². The summed E-state index contributed by atoms with van der Waals surface area (Å²) in [6.07, 6.45) is 0.644. The number of aliphatic hydroxyl groups is 1. The van der Waals surface area contributed by atoms with Gasteiger partial charge in [-0.25, -0.2) is 4.39 Å². The molecular weight excluding hydrogens is 630 g/mol. The average molecular weight is 676 g/mol. The summed E-state index contributed by atoms with van der Waals surface area (Å²) in [6.45, 7) is 0.754. The summed E-state index contributed by atoms with van der Waals surface area (Å²) in [4.78, 5) is 32.0. The van der Waals surface area contributed by atoms with Gasteiger partial charge in [-0.3, -0.25) is 14.5 Å². The van der Waals surface area contributed by atoms with Gasteiger partial charge in [0.1, 0.15) is 5.75 Å². The lowest BCUT2D eigenvalue weighted by Gasteiger charge is -2.35. The van der Waals surface area contributed by atoms with Crippen LogP contribution in [0.1, 0.15) is 73.5 Å². The number of methoxy groups -OCH3 is 2. The van der Waals surface area contributed by atoms with Crippen molar-refractivity contribution in [3.05, 3.63) is 59.2 Å². The van der Waals surface area contributed by atoms with Crippen LogP contribution in [0.25, 0.3) is 0 Å². The standard InChI is InChI=1S/C36H45F4N3O5/c1-47-29-10-7-23(8-11-29)31-20-42(27-5-3-4-6-27)22-35(31,37)34(46)43-19-25(17-28(43)21-44)30-12-9-26(36(38,39)40)18-32(30)41-15-13-24(14-16-41)33(45)48-2/h7-12,18,24-25,27-28,31,44H,3-6,13-17,19-22H2,1-2H3/t25-,28+,31+,35+/m1/s1. The van der Waals surface area contributed by atoms with E-state index in [0.29, 0.717) is 55.0 Å². The molecule has 4 fully saturated rings. The summed E-state index contributed by atoms with van der Waals surface area (Å²) >= 11 is 0. The van der Waals surface area contributed by atoms with Crippen LogP contribution in [0.2, 0.25) is 0 Å². The number of amides is 1. The molecule has 8 nitrogen and oxygen atoms in total. The fourth-order valence-corrected chi connectivity index (χ4v) is 8.48. The van der Waals surface area contributed by atoms with Gasteiger partial charge in [-0.2, -0.15) is 13.2 Å². The van der Waals surface area contributed by atoms with Crippen molar-refractivity contribution < 1.29 is 41.7 Å². The maximum Gasteiger partial charge on any atom is 0.416 e. The number of carbonyl (C=O) groups is 2. The fourth-order valence-electron chi connectivity index (χ4n) is 8.48. The first-order valence-corrected chi connectivity index (χ1v) is 17.0. The highest BCUT2D eigenvalue weighted by Gasteiger charge is 2.58. The molecule has 3 aliphatic heterocycles. The molecule has 12 heteroatoms. The first-order chi connectivity index (χ1) is 23.0. The first-order valence-electron chi connectivity index (χ1n) is 17.0. The summed E-state index contributed by atoms with van der Waals surface area (Å²) in [5.41, 5.74) is -1.33. The molecule has 4 aliphatic rings. The Hall–Kier alpha value is -3.38. The van der Waals surface area contributed by atoms with Gasteiger partial charge < -0.3 is 24.4 Å². The van der Waals surface area contributed by atoms with Gasteiger partial charge in [0.15, 0.2) is 0 Å². The molecule has 1 aliphatic carbocycles. The smallest absolute Gasteiger partial charge is 0.416 e. The molecule has 48 heavy (non-hydrogen) atoms. The van der Waals surface area contributed by atoms with E-state index in [1.807, 2.05) is 4.90 Å². The summed E-state index contributed by atoms with van der Waals surface area (Å²) < 4.78 is 69.5. The van der Waals surface area contributed by atoms with Crippen molar-refractivity contribution in [3.8, 4) is 5.75 Å². The number of hydrogen-bond donors (Lipinski definition) is 1. The van der Waals surface area contributed by atoms with Crippen LogP contribution >= 0.6 is 0 Å². The number of carbonyl (C=O) groups excluding carboxylic acids is 2. The highest BCUT2D eigenvalue weighted by molar-refractivity contribution is 5.88. The van der Waals surface area contributed by atoms with E-state index in [-0.39, 0.29) is 37.4 Å². The lowest BCUT2D eigenvalue weighted by molar-refractivity contribution is -0.146. The van der Waals surface area contributed by atoms with E-state index in [2.05, 4.69) is 4.90 Å². The number of alkyl halides is 4. The summed E-state index contributed by atoms with van der Waals surface area (Å²) in [5, 5.41) is 10.5. The highest BCUT2D eigenvalue weighted by atomic mass is 19.4. The second-order valence-corrected chi connectivity index (χ2v) is 13.8. The minimum absolute atomic E-state index is 0.0484. The van der Waals surface area contributed by atoms with Gasteiger partial charge in [-0.15, -0.1) is 0 Å². The predicted octanol–water partition coefficient (Wildman–Crippen LogP) is 5.53. The van der Waals surface area contributed by atoms with E-state index < -0.39 is 47.8 Å². The first kappa shape index (κ1) is 34.5. The number of halogens is 4. The van der Waals surface area contributed by atoms with Crippen LogP contribution < -0.4 is 9.64 Å². The maximum absolute atomic E-state index is 17.6. The van der Waals surface area contributed by atoms with Crippen LogP contribution in [0.15, 0.2) is 42.5 Å². The number of rotatable bonds is 8. The normalized spacial score (nSPS) is 27.5. The number of aliphatic hydroxyl groups excluding tert-OH is 1. The summed E-state index contributed by atoms with van der Waals surface area (Å²) in [6, 6.07) is 10.3. The van der Waals surface area contributed by atoms with Crippen molar-refractivity contribution >= 4 is 17.6 Å². The van der Waals surface area contributed by atoms with Crippen LogP contribution in [0, 0.1) is 5.92 Å². The number of nitrogens with zero attached hydrogens (tertiary/aromatic N) is 3. The molecule has 0 spiro atoms. The molecule has 2 aromatic carbocycles. The molecule has 0 unspecified atom stereocenters. The maximum atomic E-state index is 17.6. The van der Waals surface area contributed by atoms with Gasteiger partial charge in [0, 0.05) is 56.3 Å². The zero-order valence-corrected chi connectivity index (χ0v) is 27.6. The van der Waals surface area contributed by atoms with Crippen LogP contribution in [-0.4, -0.2) is 98.1 Å². The van der Waals surface area contributed by atoms with Gasteiger partial charge in [0.25, 0.3) is 5.91 Å². The lowest BCUT2D eigenvalue weighted by atomic mass is 9.85. The predicted molar refractivity (Wildman–Crippen MR) is 172 cm³/mol. The number of ether oxygens (including phenoxy) is 2. The monoisotopic (exact) mass is 675 g/mol. The van der Waals surface area contributed by atoms with Crippen LogP contribution in [-0.2, 0) is 20.5 Å². The van der Waals surface area contributed by atoms with E-state index in [1.54, 1.807) is 31.4 Å². The zero-order chi connectivity index (χ0) is 34.2. The van der Waals surface area contributed by atoms with Gasteiger partial charge in [0.2, 0.25) is 5.67 Å². The molecule has 4 atom stereocenters. The van der Waals surface area contributed by atoms with Crippen molar-refractivity contribution in [2.75, 3.05) is 58.5 Å². The van der Waals surface area contributed by atoms with E-state index in [1.165, 1.54) is 18.1 Å². The number of likely N-dealkylation sites (tertiary alicyclic amines) is 2. The number of esters is 1. The third-order valence-corrected chi connectivity index (χ3v) is 11.2. The van der Waals surface area contributed by atoms with E-state index >= 15 is 4.39 Å². The average Bonchev–Trinajstić information content (AvgIpc) is 3.87. The topological polar surface area (TPSA) is 82.5 Å². The molecule has 3 saturated heterocycles. The Bertz CT molecular complexity index is 1460. The van der Waals surface area contributed by atoms with Crippen molar-refractivity contribution in [2.24, 2.45) is 5.92 Å². The quantitative estimate of drug-likeness (QED) is 0.291. The molecule has 0 bridgehead atoms. The molecule has 6 rings (SSSR count). The Morgan fingerprint density at radius 1 is 0.979 bits per heavy atom. The van der Waals surface area contributed by atoms with Crippen LogP contribution in [0.4, 0.5) is 23.2 Å². The third kappa shape index (κ3) is 6.62. The number of hydrogen-bond acceptors (Lipinski definition) is 7. The van der Waals surface area contributed by atoms with Crippen molar-refractivity contribution in [1.82, 2.24) is 9.80 Å². The molecule has 0 radical (unpaired) electrons. The van der Waals surface area contributed by atoms with E-state index in [0.717, 1.165) is 37.8 Å². The molecule has 1 amide bonds. The molecule has 1 N–H and O–H groups in total. The second-order valence-electron chi connectivity index (χ2n) is 13.8. The largest absolute Gasteiger partial charge is 0.497 e. The Morgan fingerprint density at radius 2 is 1.67 bits per heavy atom. The number of piperidine rings is 1. The molecule has 0 aromatic heterocycles. The summed E-state index contributed by atoms with van der Waals surface area (Å²) in [7, 11) is 2.88. The van der Waals surface area contributed by atoms with Gasteiger partial charge in [-0.1, -0.05) is 31.0 Å². The molecular formula is C36H45F4N3O5. The SMILES string of the molecule is COC(=O)C1CCN(c2cc(C(F)(F)F)ccc2[C@@H]2C[C@@H](CO)N(C(=O)[C@]3(F)CN(C4CCCC4)C[C@H]3c3ccc(OC)cc3)C2)CC1. The highest BCUT2D eigenvalue weighted by Crippen LogP contribution is 2.47. The number of benzene rings is 2. The van der Waals surface area contributed by atoms with E-state index in [9.17, 15) is 27.9 Å². The molecule has 1 saturated carbocycles. The molecule has 3 heterocycles. The number of anilines is 1. The molecule has 2 aromatic rings. The van der Waals surface area contributed by atoms with Crippen LogP contribution in [0.3, 0.4) is 0 Å². The Balaban J connectivity index is 1.29. The van der Waals surface area contributed by atoms with Gasteiger partial charge in [0.05, 0.1) is 38.3 Å². The molecule has 262 valence electrons. The summed E-state index contributed by atoms with van der Waals surface area (Å²) in [5.74, 6) is -1.86. The fraction of sp³-hybridized carbons (Fsp3) is 0.611. The van der Waals surface area contributed by atoms with Crippen molar-refractivity contribution in [1.29, 1.82) is 0 Å². The Morgan fingerprint density at radius 3 is 2.27 bits per heavy atom. The minimum atomic E-state index is -4.56. The second kappa shape index (κ2) is 13.9. The Labute approximate surface area is 279 Å². The minimum Gasteiger partial charge on any atom is -0.497 e. The van der Waals surface area contributed by atoms with Crippen molar-refractivity contribution in [3.63, 3.8) is 0 Å². The van der Waals surface area contributed by atoms with Crippen molar-refractivity contribution in [2.45, 2.75) is 80.7 Å². The van der Waals surface area contributed by atoms with Gasteiger partial charge in [-0.05, 0) is 67.5 Å².